The molecule has 116 valence electrons. The molecule has 1 aromatic heterocycles. The van der Waals surface area contributed by atoms with Crippen LogP contribution in [0.5, 0.6) is 0 Å². The van der Waals surface area contributed by atoms with E-state index < -0.39 is 35.2 Å². The number of hydrogen-bond donors (Lipinski definition) is 1. The Labute approximate surface area is 134 Å². The third-order valence-corrected chi connectivity index (χ3v) is 3.47. The highest BCUT2D eigenvalue weighted by Gasteiger charge is 2.21. The topological polar surface area (TPSA) is 42.0 Å². The number of nitrogens with one attached hydrogen (secondary N) is 1. The van der Waals surface area contributed by atoms with Crippen LogP contribution in [0, 0.1) is 17.7 Å². The third kappa shape index (κ3) is 3.51. The Balaban J connectivity index is 2.25. The number of carbonyl (C=O) groups is 1. The Hall–Kier alpha value is -1.79. The van der Waals surface area contributed by atoms with Crippen LogP contribution in [0.1, 0.15) is 28.9 Å². The highest BCUT2D eigenvalue weighted by Crippen LogP contribution is 2.26. The zero-order valence-electron chi connectivity index (χ0n) is 11.1. The van der Waals surface area contributed by atoms with Gasteiger partial charge in [0.25, 0.3) is 11.9 Å². The number of pyridine rings is 1. The Bertz CT molecular complexity index is 740. The molecule has 3 nitrogen and oxygen atoms in total. The van der Waals surface area contributed by atoms with E-state index in [1.165, 1.54) is 6.07 Å². The van der Waals surface area contributed by atoms with Crippen molar-refractivity contribution in [1.82, 2.24) is 10.3 Å². The average molecular weight is 349 g/mol. The van der Waals surface area contributed by atoms with Gasteiger partial charge in [-0.05, 0) is 24.6 Å². The lowest BCUT2D eigenvalue weighted by Crippen LogP contribution is -2.28. The Morgan fingerprint density at radius 1 is 1.23 bits per heavy atom. The largest absolute Gasteiger partial charge is 0.345 e. The van der Waals surface area contributed by atoms with Crippen molar-refractivity contribution in [1.29, 1.82) is 0 Å². The first-order valence-electron chi connectivity index (χ1n) is 6.07. The van der Waals surface area contributed by atoms with E-state index in [0.717, 1.165) is 0 Å². The molecule has 0 saturated heterocycles. The molecule has 0 spiro atoms. The van der Waals surface area contributed by atoms with Crippen LogP contribution in [0.15, 0.2) is 24.3 Å². The van der Waals surface area contributed by atoms with Crippen molar-refractivity contribution < 1.29 is 18.0 Å². The lowest BCUT2D eigenvalue weighted by atomic mass is 10.1. The summed E-state index contributed by atoms with van der Waals surface area (Å²) in [5, 5.41) is 3.11. The zero-order chi connectivity index (χ0) is 16.4. The van der Waals surface area contributed by atoms with Crippen LogP contribution < -0.4 is 5.32 Å². The van der Waals surface area contributed by atoms with Crippen molar-refractivity contribution in [3.63, 3.8) is 0 Å². The van der Waals surface area contributed by atoms with E-state index in [9.17, 15) is 18.0 Å². The van der Waals surface area contributed by atoms with Crippen LogP contribution in [0.25, 0.3) is 0 Å². The van der Waals surface area contributed by atoms with Crippen molar-refractivity contribution >= 4 is 29.1 Å². The Kier molecular flexibility index (Phi) is 4.93. The minimum Gasteiger partial charge on any atom is -0.345 e. The summed E-state index contributed by atoms with van der Waals surface area (Å²) in [6.45, 7) is 1.58. The van der Waals surface area contributed by atoms with Gasteiger partial charge in [0.15, 0.2) is 5.82 Å². The van der Waals surface area contributed by atoms with E-state index in [1.54, 1.807) is 19.1 Å². The molecule has 8 heteroatoms. The van der Waals surface area contributed by atoms with Crippen molar-refractivity contribution in [2.24, 2.45) is 0 Å². The molecule has 0 radical (unpaired) electrons. The average Bonchev–Trinajstić information content (AvgIpc) is 2.42. The summed E-state index contributed by atoms with van der Waals surface area (Å²) in [5.74, 6) is -5.48. The van der Waals surface area contributed by atoms with Gasteiger partial charge in [-0.25, -0.2) is 4.39 Å². The Morgan fingerprint density at radius 3 is 2.55 bits per heavy atom. The van der Waals surface area contributed by atoms with Crippen molar-refractivity contribution in [2.45, 2.75) is 13.0 Å². The zero-order valence-corrected chi connectivity index (χ0v) is 12.6. The number of benzene rings is 1. The first-order chi connectivity index (χ1) is 10.3. The molecule has 0 aliphatic heterocycles. The van der Waals surface area contributed by atoms with Gasteiger partial charge in [-0.1, -0.05) is 29.3 Å². The molecule has 1 unspecified atom stereocenters. The van der Waals surface area contributed by atoms with Crippen molar-refractivity contribution in [2.75, 3.05) is 0 Å². The molecule has 0 fully saturated rings. The van der Waals surface area contributed by atoms with Crippen LogP contribution in [0.2, 0.25) is 10.0 Å². The van der Waals surface area contributed by atoms with Gasteiger partial charge in [-0.2, -0.15) is 13.8 Å². The second-order valence-corrected chi connectivity index (χ2v) is 5.30. The number of hydrogen-bond acceptors (Lipinski definition) is 2. The minimum atomic E-state index is -1.68. The highest BCUT2D eigenvalue weighted by atomic mass is 35.5. The number of rotatable bonds is 3. The predicted molar refractivity (Wildman–Crippen MR) is 76.5 cm³/mol. The van der Waals surface area contributed by atoms with Crippen LogP contribution in [0.4, 0.5) is 13.2 Å². The summed E-state index contributed by atoms with van der Waals surface area (Å²) in [7, 11) is 0. The summed E-state index contributed by atoms with van der Waals surface area (Å²) >= 11 is 11.8. The second kappa shape index (κ2) is 6.54. The monoisotopic (exact) mass is 348 g/mol. The standard InChI is InChI=1S/C14H9Cl2F3N2O/c1-6(8-3-2-7(15)4-10(8)16)20-14(22)9-5-11(17)21-13(19)12(9)18/h2-6H,1H3,(H,20,22). The molecular weight excluding hydrogens is 340 g/mol. The second-order valence-electron chi connectivity index (χ2n) is 4.46. The van der Waals surface area contributed by atoms with Crippen LogP contribution >= 0.6 is 23.2 Å². The van der Waals surface area contributed by atoms with Gasteiger partial charge < -0.3 is 5.32 Å². The maximum Gasteiger partial charge on any atom is 0.255 e. The quantitative estimate of drug-likeness (QED) is 0.840. The first-order valence-corrected chi connectivity index (χ1v) is 6.82. The Morgan fingerprint density at radius 2 is 1.91 bits per heavy atom. The minimum absolute atomic E-state index is 0.299. The van der Waals surface area contributed by atoms with Crippen LogP contribution in [-0.4, -0.2) is 10.9 Å². The summed E-state index contributed by atoms with van der Waals surface area (Å²) < 4.78 is 39.5. The molecule has 2 aromatic rings. The third-order valence-electron chi connectivity index (χ3n) is 2.91. The summed E-state index contributed by atoms with van der Waals surface area (Å²) in [4.78, 5) is 14.6. The number of amides is 1. The van der Waals surface area contributed by atoms with Gasteiger partial charge in [0, 0.05) is 16.1 Å². The molecule has 2 rings (SSSR count). The fourth-order valence-corrected chi connectivity index (χ4v) is 2.41. The van der Waals surface area contributed by atoms with Gasteiger partial charge in [-0.15, -0.1) is 0 Å². The smallest absolute Gasteiger partial charge is 0.255 e. The van der Waals surface area contributed by atoms with E-state index in [2.05, 4.69) is 10.3 Å². The number of carbonyl (C=O) groups excluding carboxylic acids is 1. The normalized spacial score (nSPS) is 12.1. The summed E-state index contributed by atoms with van der Waals surface area (Å²) in [6, 6.07) is 4.52. The molecular formula is C14H9Cl2F3N2O. The summed E-state index contributed by atoms with van der Waals surface area (Å²) in [6.07, 6.45) is 0. The van der Waals surface area contributed by atoms with Gasteiger partial charge in [0.1, 0.15) is 0 Å². The predicted octanol–water partition coefficient (Wildman–Crippen LogP) is 4.30. The molecule has 0 aliphatic rings. The molecule has 0 aliphatic carbocycles. The lowest BCUT2D eigenvalue weighted by molar-refractivity contribution is 0.0933. The molecule has 0 saturated carbocycles. The highest BCUT2D eigenvalue weighted by molar-refractivity contribution is 6.35. The van der Waals surface area contributed by atoms with E-state index in [4.69, 9.17) is 23.2 Å². The molecule has 22 heavy (non-hydrogen) atoms. The van der Waals surface area contributed by atoms with Gasteiger partial charge >= 0.3 is 0 Å². The molecule has 1 N–H and O–H groups in total. The van der Waals surface area contributed by atoms with Gasteiger partial charge in [-0.3, -0.25) is 4.79 Å². The molecule has 0 bridgehead atoms. The molecule has 1 atom stereocenters. The molecule has 1 amide bonds. The van der Waals surface area contributed by atoms with Crippen LogP contribution in [0.3, 0.4) is 0 Å². The maximum atomic E-state index is 13.5. The maximum absolute atomic E-state index is 13.5. The number of nitrogens with zero attached hydrogens (tertiary/aromatic N) is 1. The SMILES string of the molecule is CC(NC(=O)c1cc(F)nc(F)c1F)c1ccc(Cl)cc1Cl. The van der Waals surface area contributed by atoms with Gasteiger partial charge in [0.05, 0.1) is 11.6 Å². The summed E-state index contributed by atoms with van der Waals surface area (Å²) in [5.41, 5.74) is -0.253. The molecule has 1 heterocycles. The van der Waals surface area contributed by atoms with E-state index in [0.29, 0.717) is 21.7 Å². The van der Waals surface area contributed by atoms with Crippen molar-refractivity contribution in [3.05, 3.63) is 63.2 Å². The molecule has 1 aromatic carbocycles. The van der Waals surface area contributed by atoms with E-state index >= 15 is 0 Å². The van der Waals surface area contributed by atoms with Gasteiger partial charge in [0.2, 0.25) is 5.95 Å². The number of halogens is 5. The fourth-order valence-electron chi connectivity index (χ4n) is 1.84. The number of aromatic nitrogens is 1. The van der Waals surface area contributed by atoms with Crippen LogP contribution in [-0.2, 0) is 0 Å². The first kappa shape index (κ1) is 16.6. The van der Waals surface area contributed by atoms with Crippen molar-refractivity contribution in [3.8, 4) is 0 Å². The van der Waals surface area contributed by atoms with E-state index in [-0.39, 0.29) is 0 Å². The van der Waals surface area contributed by atoms with E-state index in [1.807, 2.05) is 0 Å². The fraction of sp³-hybridized carbons (Fsp3) is 0.143. The lowest BCUT2D eigenvalue weighted by Gasteiger charge is -2.16.